The minimum Gasteiger partial charge on any atom is -0.493 e. The zero-order valence-corrected chi connectivity index (χ0v) is 10.2. The van der Waals surface area contributed by atoms with Crippen molar-refractivity contribution in [3.05, 3.63) is 41.3 Å². The third-order valence-corrected chi connectivity index (χ3v) is 2.32. The van der Waals surface area contributed by atoms with Crippen LogP contribution in [0, 0.1) is 6.92 Å². The van der Waals surface area contributed by atoms with Crippen molar-refractivity contribution in [3.63, 3.8) is 0 Å². The molecule has 0 fully saturated rings. The first-order valence-corrected chi connectivity index (χ1v) is 5.38. The first kappa shape index (κ1) is 11.7. The molecule has 17 heavy (non-hydrogen) atoms. The van der Waals surface area contributed by atoms with Gasteiger partial charge in [0.1, 0.15) is 0 Å². The Labute approximate surface area is 104 Å². The molecule has 0 N–H and O–H groups in total. The average molecular weight is 251 g/mol. The van der Waals surface area contributed by atoms with Crippen LogP contribution in [0.25, 0.3) is 0 Å². The summed E-state index contributed by atoms with van der Waals surface area (Å²) in [6.45, 7) is 1.98. The second-order valence-corrected chi connectivity index (χ2v) is 3.76. The molecule has 1 aromatic carbocycles. The van der Waals surface area contributed by atoms with Crippen LogP contribution in [0.15, 0.2) is 30.5 Å². The molecule has 4 nitrogen and oxygen atoms in total. The fourth-order valence-electron chi connectivity index (χ4n) is 1.35. The zero-order chi connectivity index (χ0) is 12.3. The molecule has 0 saturated heterocycles. The lowest BCUT2D eigenvalue weighted by molar-refractivity contribution is 0.373. The number of hydrogen-bond acceptors (Lipinski definition) is 4. The molecular weight excluding hydrogens is 240 g/mol. The first-order chi connectivity index (χ1) is 8.19. The molecule has 5 heteroatoms. The van der Waals surface area contributed by atoms with Gasteiger partial charge in [0.15, 0.2) is 11.5 Å². The molecule has 0 spiro atoms. The minimum absolute atomic E-state index is 0.147. The maximum atomic E-state index is 5.68. The summed E-state index contributed by atoms with van der Waals surface area (Å²) < 4.78 is 10.8. The quantitative estimate of drug-likeness (QED) is 0.785. The number of hydrogen-bond donors (Lipinski definition) is 0. The molecule has 2 aromatic rings. The Morgan fingerprint density at radius 2 is 2.00 bits per heavy atom. The van der Waals surface area contributed by atoms with Crippen molar-refractivity contribution in [1.29, 1.82) is 0 Å². The number of nitrogens with zero attached hydrogens (tertiary/aromatic N) is 2. The van der Waals surface area contributed by atoms with E-state index < -0.39 is 0 Å². The molecular formula is C12H11ClN2O2. The van der Waals surface area contributed by atoms with Crippen LogP contribution in [-0.4, -0.2) is 17.1 Å². The van der Waals surface area contributed by atoms with Crippen molar-refractivity contribution in [2.75, 3.05) is 7.11 Å². The largest absolute Gasteiger partial charge is 0.493 e. The summed E-state index contributed by atoms with van der Waals surface area (Å²) in [6.07, 6.45) is 1.53. The Morgan fingerprint density at radius 1 is 1.18 bits per heavy atom. The minimum atomic E-state index is 0.147. The lowest BCUT2D eigenvalue weighted by Crippen LogP contribution is -1.93. The van der Waals surface area contributed by atoms with Crippen LogP contribution in [0.3, 0.4) is 0 Å². The Kier molecular flexibility index (Phi) is 3.44. The van der Waals surface area contributed by atoms with Gasteiger partial charge in [0.05, 0.1) is 7.11 Å². The molecule has 2 rings (SSSR count). The van der Waals surface area contributed by atoms with E-state index in [9.17, 15) is 0 Å². The average Bonchev–Trinajstić information content (AvgIpc) is 2.31. The number of halogens is 1. The number of methoxy groups -OCH3 is 1. The zero-order valence-electron chi connectivity index (χ0n) is 9.48. The number of rotatable bonds is 3. The predicted molar refractivity (Wildman–Crippen MR) is 64.8 cm³/mol. The van der Waals surface area contributed by atoms with Crippen LogP contribution in [0.1, 0.15) is 5.56 Å². The number of benzene rings is 1. The van der Waals surface area contributed by atoms with E-state index in [-0.39, 0.29) is 5.28 Å². The molecule has 88 valence electrons. The fourth-order valence-corrected chi connectivity index (χ4v) is 1.49. The molecule has 0 aliphatic carbocycles. The Bertz CT molecular complexity index is 532. The third-order valence-electron chi connectivity index (χ3n) is 2.13. The first-order valence-electron chi connectivity index (χ1n) is 5.00. The van der Waals surface area contributed by atoms with Gasteiger partial charge in [0.2, 0.25) is 11.2 Å². The van der Waals surface area contributed by atoms with E-state index in [1.807, 2.05) is 25.1 Å². The highest BCUT2D eigenvalue weighted by atomic mass is 35.5. The molecule has 1 heterocycles. The Balaban J connectivity index is 2.29. The standard InChI is InChI=1S/C12H11ClN2O2/c1-8-3-4-9(10(7-8)16-2)17-11-5-6-14-12(13)15-11/h3-7H,1-2H3. The van der Waals surface area contributed by atoms with E-state index in [4.69, 9.17) is 21.1 Å². The SMILES string of the molecule is COc1cc(C)ccc1Oc1ccnc(Cl)n1. The monoisotopic (exact) mass is 250 g/mol. The van der Waals surface area contributed by atoms with Crippen molar-refractivity contribution >= 4 is 11.6 Å². The lowest BCUT2D eigenvalue weighted by atomic mass is 10.2. The second kappa shape index (κ2) is 5.01. The van der Waals surface area contributed by atoms with Crippen LogP contribution < -0.4 is 9.47 Å². The molecule has 0 atom stereocenters. The summed E-state index contributed by atoms with van der Waals surface area (Å²) in [5.41, 5.74) is 1.09. The summed E-state index contributed by atoms with van der Waals surface area (Å²) in [5.74, 6) is 1.62. The molecule has 0 saturated carbocycles. The summed E-state index contributed by atoms with van der Waals surface area (Å²) in [7, 11) is 1.59. The molecule has 0 unspecified atom stereocenters. The highest BCUT2D eigenvalue weighted by molar-refractivity contribution is 6.28. The highest BCUT2D eigenvalue weighted by Crippen LogP contribution is 2.31. The van der Waals surface area contributed by atoms with Gasteiger partial charge >= 0.3 is 0 Å². The maximum absolute atomic E-state index is 5.68. The van der Waals surface area contributed by atoms with E-state index >= 15 is 0 Å². The van der Waals surface area contributed by atoms with Crippen molar-refractivity contribution in [3.8, 4) is 17.4 Å². The number of aromatic nitrogens is 2. The third kappa shape index (κ3) is 2.85. The lowest BCUT2D eigenvalue weighted by Gasteiger charge is -2.09. The van der Waals surface area contributed by atoms with Crippen LogP contribution >= 0.6 is 11.6 Å². The Hall–Kier alpha value is -1.81. The van der Waals surface area contributed by atoms with Gasteiger partial charge in [0, 0.05) is 12.3 Å². The predicted octanol–water partition coefficient (Wildman–Crippen LogP) is 3.24. The molecule has 0 aliphatic rings. The van der Waals surface area contributed by atoms with Gasteiger partial charge in [-0.2, -0.15) is 4.98 Å². The molecule has 0 radical (unpaired) electrons. The van der Waals surface area contributed by atoms with E-state index in [2.05, 4.69) is 9.97 Å². The van der Waals surface area contributed by atoms with Gasteiger partial charge in [-0.25, -0.2) is 4.98 Å². The maximum Gasteiger partial charge on any atom is 0.225 e. The van der Waals surface area contributed by atoms with Crippen molar-refractivity contribution < 1.29 is 9.47 Å². The van der Waals surface area contributed by atoms with E-state index in [1.54, 1.807) is 13.2 Å². The van der Waals surface area contributed by atoms with Crippen LogP contribution in [0.4, 0.5) is 0 Å². The molecule has 0 aliphatic heterocycles. The van der Waals surface area contributed by atoms with Gasteiger partial charge in [-0.05, 0) is 36.2 Å². The van der Waals surface area contributed by atoms with E-state index in [0.717, 1.165) is 5.56 Å². The number of aryl methyl sites for hydroxylation is 1. The van der Waals surface area contributed by atoms with Crippen LogP contribution in [0.5, 0.6) is 17.4 Å². The van der Waals surface area contributed by atoms with E-state index in [0.29, 0.717) is 17.4 Å². The van der Waals surface area contributed by atoms with Crippen molar-refractivity contribution in [1.82, 2.24) is 9.97 Å². The molecule has 1 aromatic heterocycles. The summed E-state index contributed by atoms with van der Waals surface area (Å²) in [5, 5.41) is 0.147. The van der Waals surface area contributed by atoms with E-state index in [1.165, 1.54) is 6.20 Å². The summed E-state index contributed by atoms with van der Waals surface area (Å²) in [6, 6.07) is 7.27. The number of ether oxygens (including phenoxy) is 2. The molecule has 0 bridgehead atoms. The molecule has 0 amide bonds. The van der Waals surface area contributed by atoms with Crippen molar-refractivity contribution in [2.24, 2.45) is 0 Å². The van der Waals surface area contributed by atoms with Crippen LogP contribution in [-0.2, 0) is 0 Å². The fraction of sp³-hybridized carbons (Fsp3) is 0.167. The van der Waals surface area contributed by atoms with Crippen LogP contribution in [0.2, 0.25) is 5.28 Å². The Morgan fingerprint density at radius 3 is 2.71 bits per heavy atom. The second-order valence-electron chi connectivity index (χ2n) is 3.42. The van der Waals surface area contributed by atoms with Crippen molar-refractivity contribution in [2.45, 2.75) is 6.92 Å². The highest BCUT2D eigenvalue weighted by Gasteiger charge is 2.06. The summed E-state index contributed by atoms with van der Waals surface area (Å²) >= 11 is 5.68. The van der Waals surface area contributed by atoms with Gasteiger partial charge in [0.25, 0.3) is 0 Å². The van der Waals surface area contributed by atoms with Gasteiger partial charge < -0.3 is 9.47 Å². The van der Waals surface area contributed by atoms with Gasteiger partial charge in [-0.3, -0.25) is 0 Å². The normalized spacial score (nSPS) is 10.1. The summed E-state index contributed by atoms with van der Waals surface area (Å²) in [4.78, 5) is 7.72. The van der Waals surface area contributed by atoms with Gasteiger partial charge in [-0.15, -0.1) is 0 Å². The van der Waals surface area contributed by atoms with Gasteiger partial charge in [-0.1, -0.05) is 6.07 Å². The topological polar surface area (TPSA) is 44.2 Å². The smallest absolute Gasteiger partial charge is 0.225 e.